The van der Waals surface area contributed by atoms with Gasteiger partial charge in [-0.2, -0.15) is 9.64 Å². The fourth-order valence-corrected chi connectivity index (χ4v) is 2.92. The molecule has 0 spiro atoms. The van der Waals surface area contributed by atoms with Crippen LogP contribution in [0, 0.1) is 11.3 Å². The summed E-state index contributed by atoms with van der Waals surface area (Å²) in [5.74, 6) is -0.500. The molecule has 1 unspecified atom stereocenters. The third-order valence-corrected chi connectivity index (χ3v) is 3.92. The van der Waals surface area contributed by atoms with Crippen LogP contribution in [0.25, 0.3) is 0 Å². The molecule has 1 aliphatic rings. The average molecular weight is 299 g/mol. The van der Waals surface area contributed by atoms with E-state index in [9.17, 15) is 9.59 Å². The number of likely N-dealkylation sites (tertiary alicyclic amines) is 1. The van der Waals surface area contributed by atoms with E-state index in [-0.39, 0.29) is 35.0 Å². The van der Waals surface area contributed by atoms with Crippen LogP contribution in [0.3, 0.4) is 0 Å². The van der Waals surface area contributed by atoms with Crippen LogP contribution in [0.2, 0.25) is 5.15 Å². The Bertz CT molecular complexity index is 578. The third kappa shape index (κ3) is 2.41. The highest BCUT2D eigenvalue weighted by Crippen LogP contribution is 2.30. The van der Waals surface area contributed by atoms with Crippen LogP contribution < -0.4 is 5.32 Å². The molecule has 0 radical (unpaired) electrons. The molecule has 1 aromatic rings. The number of hydrogen-bond acceptors (Lipinski definition) is 6. The second-order valence-corrected chi connectivity index (χ2v) is 5.52. The van der Waals surface area contributed by atoms with Crippen LogP contribution in [0.5, 0.6) is 0 Å². The molecule has 1 atom stereocenters. The monoisotopic (exact) mass is 298 g/mol. The Morgan fingerprint density at radius 2 is 2.26 bits per heavy atom. The third-order valence-electron chi connectivity index (χ3n) is 2.77. The number of nitrogens with zero attached hydrogens (tertiary/aromatic N) is 3. The van der Waals surface area contributed by atoms with Gasteiger partial charge in [0, 0.05) is 6.04 Å². The van der Waals surface area contributed by atoms with Crippen LogP contribution in [0.1, 0.15) is 25.8 Å². The normalized spacial score (nSPS) is 19.1. The van der Waals surface area contributed by atoms with Gasteiger partial charge in [0.25, 0.3) is 5.91 Å². The topological polar surface area (TPSA) is 86.1 Å². The Hall–Kier alpha value is -1.65. The number of rotatable bonds is 3. The van der Waals surface area contributed by atoms with Crippen molar-refractivity contribution in [1.29, 1.82) is 5.26 Å². The molecule has 0 aliphatic carbocycles. The predicted molar refractivity (Wildman–Crippen MR) is 70.9 cm³/mol. The van der Waals surface area contributed by atoms with Gasteiger partial charge in [-0.15, -0.1) is 0 Å². The summed E-state index contributed by atoms with van der Waals surface area (Å²) >= 11 is 6.75. The van der Waals surface area contributed by atoms with Crippen molar-refractivity contribution in [2.45, 2.75) is 32.4 Å². The van der Waals surface area contributed by atoms with E-state index in [0.29, 0.717) is 5.00 Å². The molecule has 8 heteroatoms. The highest BCUT2D eigenvalue weighted by atomic mass is 35.5. The number of nitrogens with one attached hydrogen (secondary N) is 1. The summed E-state index contributed by atoms with van der Waals surface area (Å²) in [5.41, 5.74) is 0.204. The van der Waals surface area contributed by atoms with E-state index in [1.807, 2.05) is 6.07 Å². The van der Waals surface area contributed by atoms with Gasteiger partial charge in [0.1, 0.15) is 22.7 Å². The largest absolute Gasteiger partial charge is 0.363 e. The van der Waals surface area contributed by atoms with Crippen LogP contribution >= 0.6 is 23.1 Å². The van der Waals surface area contributed by atoms with E-state index in [1.54, 1.807) is 13.8 Å². The summed E-state index contributed by atoms with van der Waals surface area (Å²) in [6, 6.07) is 1.09. The smallest absolute Gasteiger partial charge is 0.252 e. The van der Waals surface area contributed by atoms with Crippen molar-refractivity contribution in [3.8, 4) is 6.07 Å². The van der Waals surface area contributed by atoms with Crippen molar-refractivity contribution < 1.29 is 9.59 Å². The number of hydrogen-bond donors (Lipinski definition) is 1. The first kappa shape index (κ1) is 13.8. The minimum absolute atomic E-state index is 0.0808. The van der Waals surface area contributed by atoms with E-state index < -0.39 is 6.04 Å². The van der Waals surface area contributed by atoms with Crippen LogP contribution in [0.4, 0.5) is 5.00 Å². The fraction of sp³-hybridized carbons (Fsp3) is 0.455. The molecular weight excluding hydrogens is 288 g/mol. The van der Waals surface area contributed by atoms with Gasteiger partial charge in [-0.05, 0) is 25.4 Å². The van der Waals surface area contributed by atoms with E-state index in [1.165, 1.54) is 4.90 Å². The number of carbonyl (C=O) groups is 2. The second kappa shape index (κ2) is 5.15. The predicted octanol–water partition coefficient (Wildman–Crippen LogP) is 1.62. The molecule has 6 nitrogen and oxygen atoms in total. The average Bonchev–Trinajstić information content (AvgIpc) is 2.81. The van der Waals surface area contributed by atoms with Gasteiger partial charge in [-0.3, -0.25) is 14.5 Å². The molecule has 2 amide bonds. The maximum Gasteiger partial charge on any atom is 0.252 e. The summed E-state index contributed by atoms with van der Waals surface area (Å²) in [5, 5.41) is 12.4. The first-order chi connectivity index (χ1) is 8.95. The van der Waals surface area contributed by atoms with E-state index in [2.05, 4.69) is 9.69 Å². The van der Waals surface area contributed by atoms with Gasteiger partial charge in [-0.1, -0.05) is 11.6 Å². The minimum Gasteiger partial charge on any atom is -0.363 e. The zero-order chi connectivity index (χ0) is 14.2. The Kier molecular flexibility index (Phi) is 3.73. The van der Waals surface area contributed by atoms with Crippen molar-refractivity contribution in [2.75, 3.05) is 5.32 Å². The van der Waals surface area contributed by atoms with Crippen molar-refractivity contribution in [3.63, 3.8) is 0 Å². The van der Waals surface area contributed by atoms with Gasteiger partial charge in [-0.25, -0.2) is 0 Å². The number of aromatic nitrogens is 1. The van der Waals surface area contributed by atoms with Crippen molar-refractivity contribution >= 4 is 39.9 Å². The lowest BCUT2D eigenvalue weighted by atomic mass is 10.2. The number of amides is 2. The summed E-state index contributed by atoms with van der Waals surface area (Å²) < 4.78 is 3.84. The maximum absolute atomic E-state index is 12.1. The van der Waals surface area contributed by atoms with E-state index >= 15 is 0 Å². The van der Waals surface area contributed by atoms with Crippen LogP contribution in [-0.2, 0) is 9.59 Å². The Morgan fingerprint density at radius 3 is 2.79 bits per heavy atom. The molecule has 100 valence electrons. The first-order valence-electron chi connectivity index (χ1n) is 5.63. The van der Waals surface area contributed by atoms with Crippen molar-refractivity contribution in [1.82, 2.24) is 9.27 Å². The summed E-state index contributed by atoms with van der Waals surface area (Å²) in [6.07, 6.45) is 0.0808. The van der Waals surface area contributed by atoms with Crippen molar-refractivity contribution in [2.24, 2.45) is 0 Å². The SMILES string of the molecule is CC(C)N1C(=O)CC(Nc2snc(Cl)c2C#N)C1=O. The van der Waals surface area contributed by atoms with E-state index in [0.717, 1.165) is 11.5 Å². The molecule has 19 heavy (non-hydrogen) atoms. The molecule has 1 saturated heterocycles. The quantitative estimate of drug-likeness (QED) is 0.857. The van der Waals surface area contributed by atoms with Crippen molar-refractivity contribution in [3.05, 3.63) is 10.7 Å². The molecule has 1 N–H and O–H groups in total. The number of nitriles is 1. The summed E-state index contributed by atoms with van der Waals surface area (Å²) in [7, 11) is 0. The summed E-state index contributed by atoms with van der Waals surface area (Å²) in [4.78, 5) is 25.1. The standard InChI is InChI=1S/C11H11ClN4O2S/c1-5(2)16-8(17)3-7(11(16)18)14-10-6(4-13)9(12)15-19-10/h5,7,14H,3H2,1-2H3. The van der Waals surface area contributed by atoms with Gasteiger partial charge in [0.15, 0.2) is 5.15 Å². The number of anilines is 1. The minimum atomic E-state index is -0.654. The molecule has 2 heterocycles. The molecule has 0 aromatic carbocycles. The fourth-order valence-electron chi connectivity index (χ4n) is 1.93. The number of halogens is 1. The van der Waals surface area contributed by atoms with Gasteiger partial charge in [0.2, 0.25) is 5.91 Å². The molecular formula is C11H11ClN4O2S. The molecule has 1 aliphatic heterocycles. The molecule has 0 bridgehead atoms. The zero-order valence-electron chi connectivity index (χ0n) is 10.3. The second-order valence-electron chi connectivity index (χ2n) is 4.39. The Labute approximate surface area is 119 Å². The highest BCUT2D eigenvalue weighted by Gasteiger charge is 2.40. The lowest BCUT2D eigenvalue weighted by molar-refractivity contribution is -0.140. The van der Waals surface area contributed by atoms with Gasteiger partial charge in [0.05, 0.1) is 6.42 Å². The maximum atomic E-state index is 12.1. The molecule has 1 aromatic heterocycles. The zero-order valence-corrected chi connectivity index (χ0v) is 11.9. The Morgan fingerprint density at radius 1 is 1.58 bits per heavy atom. The molecule has 0 saturated carbocycles. The lowest BCUT2D eigenvalue weighted by Crippen LogP contribution is -2.39. The first-order valence-corrected chi connectivity index (χ1v) is 6.78. The highest BCUT2D eigenvalue weighted by molar-refractivity contribution is 7.10. The number of carbonyl (C=O) groups excluding carboxylic acids is 2. The molecule has 1 fully saturated rings. The van der Waals surface area contributed by atoms with Gasteiger partial charge < -0.3 is 5.32 Å². The Balaban J connectivity index is 2.19. The molecule has 2 rings (SSSR count). The summed E-state index contributed by atoms with van der Waals surface area (Å²) in [6.45, 7) is 3.56. The van der Waals surface area contributed by atoms with Gasteiger partial charge >= 0.3 is 0 Å². The lowest BCUT2D eigenvalue weighted by Gasteiger charge is -2.19. The van der Waals surface area contributed by atoms with E-state index in [4.69, 9.17) is 16.9 Å². The number of imide groups is 1. The van der Waals surface area contributed by atoms with Crippen LogP contribution in [0.15, 0.2) is 0 Å². The van der Waals surface area contributed by atoms with Crippen LogP contribution in [-0.4, -0.2) is 33.2 Å².